The maximum Gasteiger partial charge on any atom is 0.319 e. The first-order valence-corrected chi connectivity index (χ1v) is 11.5. The number of urea groups is 1. The van der Waals surface area contributed by atoms with E-state index in [1.54, 1.807) is 7.05 Å². The smallest absolute Gasteiger partial charge is 0.319 e. The molecule has 1 atom stereocenters. The monoisotopic (exact) mass is 469 g/mol. The quantitative estimate of drug-likeness (QED) is 0.492. The molecule has 1 aliphatic heterocycles. The summed E-state index contributed by atoms with van der Waals surface area (Å²) < 4.78 is 28.7. The Balaban J connectivity index is 1.19. The van der Waals surface area contributed by atoms with Crippen LogP contribution in [-0.2, 0) is 13.5 Å². The van der Waals surface area contributed by atoms with E-state index < -0.39 is 5.82 Å². The van der Waals surface area contributed by atoms with Crippen LogP contribution in [0.2, 0.25) is 0 Å². The van der Waals surface area contributed by atoms with Crippen LogP contribution in [-0.4, -0.2) is 57.3 Å². The van der Waals surface area contributed by atoms with Crippen LogP contribution in [0.1, 0.15) is 24.8 Å². The van der Waals surface area contributed by atoms with Gasteiger partial charge in [-0.2, -0.15) is 0 Å². The van der Waals surface area contributed by atoms with Crippen molar-refractivity contribution in [1.82, 2.24) is 30.4 Å². The SMILES string of the molecule is Cn1nnnc1-c1cc(NC(=O)NCCCN2CCCC(Cc3ccc(F)cc3)C2)ccc1F. The van der Waals surface area contributed by atoms with Crippen LogP contribution in [0.3, 0.4) is 0 Å². The lowest BCUT2D eigenvalue weighted by atomic mass is 9.91. The third-order valence-corrected chi connectivity index (χ3v) is 6.06. The molecular formula is C24H29F2N7O. The number of carbonyl (C=O) groups excluding carboxylic acids is 1. The molecule has 0 bridgehead atoms. The minimum absolute atomic E-state index is 0.201. The van der Waals surface area contributed by atoms with Gasteiger partial charge >= 0.3 is 6.03 Å². The predicted molar refractivity (Wildman–Crippen MR) is 125 cm³/mol. The summed E-state index contributed by atoms with van der Waals surface area (Å²) in [6.45, 7) is 3.51. The van der Waals surface area contributed by atoms with Crippen molar-refractivity contribution in [2.24, 2.45) is 13.0 Å². The minimum Gasteiger partial charge on any atom is -0.338 e. The zero-order valence-electron chi connectivity index (χ0n) is 19.2. The van der Waals surface area contributed by atoms with Gasteiger partial charge in [0.25, 0.3) is 0 Å². The van der Waals surface area contributed by atoms with Gasteiger partial charge in [0, 0.05) is 25.8 Å². The van der Waals surface area contributed by atoms with Crippen LogP contribution in [0.25, 0.3) is 11.4 Å². The Morgan fingerprint density at radius 3 is 2.76 bits per heavy atom. The van der Waals surface area contributed by atoms with Crippen molar-refractivity contribution >= 4 is 11.7 Å². The van der Waals surface area contributed by atoms with Gasteiger partial charge in [-0.15, -0.1) is 5.10 Å². The van der Waals surface area contributed by atoms with Crippen LogP contribution in [0.15, 0.2) is 42.5 Å². The summed E-state index contributed by atoms with van der Waals surface area (Å²) in [5.74, 6) is 0.171. The van der Waals surface area contributed by atoms with E-state index in [9.17, 15) is 13.6 Å². The van der Waals surface area contributed by atoms with Crippen LogP contribution in [0.4, 0.5) is 19.3 Å². The molecule has 2 aromatic carbocycles. The number of aromatic nitrogens is 4. The first-order chi connectivity index (χ1) is 16.5. The lowest BCUT2D eigenvalue weighted by Gasteiger charge is -2.32. The summed E-state index contributed by atoms with van der Waals surface area (Å²) in [4.78, 5) is 14.7. The molecule has 2 N–H and O–H groups in total. The highest BCUT2D eigenvalue weighted by molar-refractivity contribution is 5.89. The Hall–Kier alpha value is -3.40. The first kappa shape index (κ1) is 23.7. The number of tetrazole rings is 1. The van der Waals surface area contributed by atoms with Crippen molar-refractivity contribution in [3.8, 4) is 11.4 Å². The lowest BCUT2D eigenvalue weighted by Crippen LogP contribution is -2.38. The third-order valence-electron chi connectivity index (χ3n) is 6.06. The molecule has 3 aromatic rings. The van der Waals surface area contributed by atoms with Gasteiger partial charge < -0.3 is 15.5 Å². The van der Waals surface area contributed by atoms with Gasteiger partial charge in [0.05, 0.1) is 5.56 Å². The van der Waals surface area contributed by atoms with E-state index in [1.165, 1.54) is 47.0 Å². The van der Waals surface area contributed by atoms with Crippen molar-refractivity contribution in [3.63, 3.8) is 0 Å². The molecule has 180 valence electrons. The number of hydrogen-bond acceptors (Lipinski definition) is 5. The van der Waals surface area contributed by atoms with Crippen molar-refractivity contribution < 1.29 is 13.6 Å². The second-order valence-electron chi connectivity index (χ2n) is 8.69. The fraction of sp³-hybridized carbons (Fsp3) is 0.417. The maximum atomic E-state index is 14.2. The van der Waals surface area contributed by atoms with Gasteiger partial charge in [-0.1, -0.05) is 12.1 Å². The summed E-state index contributed by atoms with van der Waals surface area (Å²) in [5, 5.41) is 16.6. The maximum absolute atomic E-state index is 14.2. The second kappa shape index (κ2) is 11.1. The predicted octanol–water partition coefficient (Wildman–Crippen LogP) is 3.62. The largest absolute Gasteiger partial charge is 0.338 e. The summed E-state index contributed by atoms with van der Waals surface area (Å²) in [7, 11) is 1.62. The minimum atomic E-state index is -0.469. The van der Waals surface area contributed by atoms with Gasteiger partial charge in [0.15, 0.2) is 5.82 Å². The van der Waals surface area contributed by atoms with Crippen LogP contribution < -0.4 is 10.6 Å². The molecule has 1 unspecified atom stereocenters. The number of hydrogen-bond donors (Lipinski definition) is 2. The van der Waals surface area contributed by atoms with E-state index in [2.05, 4.69) is 31.1 Å². The van der Waals surface area contributed by atoms with Crippen molar-refractivity contribution in [2.45, 2.75) is 25.7 Å². The molecule has 0 radical (unpaired) electrons. The summed E-state index contributed by atoms with van der Waals surface area (Å²) in [6, 6.07) is 10.7. The Morgan fingerprint density at radius 1 is 1.18 bits per heavy atom. The van der Waals surface area contributed by atoms with Crippen molar-refractivity contribution in [2.75, 3.05) is 31.5 Å². The zero-order chi connectivity index (χ0) is 23.9. The van der Waals surface area contributed by atoms with Crippen molar-refractivity contribution in [3.05, 3.63) is 59.7 Å². The number of halogens is 2. The highest BCUT2D eigenvalue weighted by Gasteiger charge is 2.20. The number of piperidine rings is 1. The number of rotatable bonds is 8. The average molecular weight is 470 g/mol. The molecule has 1 fully saturated rings. The number of likely N-dealkylation sites (tertiary alicyclic amines) is 1. The number of carbonyl (C=O) groups is 1. The molecule has 0 aliphatic carbocycles. The Morgan fingerprint density at radius 2 is 2.00 bits per heavy atom. The molecule has 2 heterocycles. The van der Waals surface area contributed by atoms with Crippen molar-refractivity contribution in [1.29, 1.82) is 0 Å². The highest BCUT2D eigenvalue weighted by Crippen LogP contribution is 2.24. The number of aryl methyl sites for hydroxylation is 1. The molecule has 8 nitrogen and oxygen atoms in total. The molecule has 0 saturated carbocycles. The molecule has 1 saturated heterocycles. The van der Waals surface area contributed by atoms with Crippen LogP contribution in [0, 0.1) is 17.6 Å². The molecule has 1 aliphatic rings. The van der Waals surface area contributed by atoms with E-state index in [4.69, 9.17) is 0 Å². The third kappa shape index (κ3) is 6.34. The Labute approximate surface area is 197 Å². The van der Waals surface area contributed by atoms with Gasteiger partial charge in [-0.25, -0.2) is 18.3 Å². The fourth-order valence-corrected chi connectivity index (χ4v) is 4.39. The molecule has 4 rings (SSSR count). The number of amides is 2. The number of anilines is 1. The molecule has 2 amide bonds. The van der Waals surface area contributed by atoms with Crippen LogP contribution in [0.5, 0.6) is 0 Å². The molecular weight excluding hydrogens is 440 g/mol. The number of benzene rings is 2. The molecule has 10 heteroatoms. The summed E-state index contributed by atoms with van der Waals surface area (Å²) >= 11 is 0. The normalized spacial score (nSPS) is 16.4. The standard InChI is InChI=1S/C24H29F2N7O/c1-32-23(29-30-31-32)21-15-20(9-10-22(21)26)28-24(34)27-11-3-13-33-12-2-4-18(16-33)14-17-5-7-19(25)8-6-17/h5-10,15,18H,2-4,11-14,16H2,1H3,(H2,27,28,34). The van der Waals surface area contributed by atoms with Gasteiger partial charge in [-0.3, -0.25) is 0 Å². The fourth-order valence-electron chi connectivity index (χ4n) is 4.39. The molecule has 34 heavy (non-hydrogen) atoms. The van der Waals surface area contributed by atoms with E-state index in [0.717, 1.165) is 38.9 Å². The second-order valence-corrected chi connectivity index (χ2v) is 8.69. The van der Waals surface area contributed by atoms with E-state index >= 15 is 0 Å². The Bertz CT molecular complexity index is 1100. The van der Waals surface area contributed by atoms with Crippen LogP contribution >= 0.6 is 0 Å². The zero-order valence-corrected chi connectivity index (χ0v) is 19.2. The lowest BCUT2D eigenvalue weighted by molar-refractivity contribution is 0.172. The average Bonchev–Trinajstić information content (AvgIpc) is 3.25. The van der Waals surface area contributed by atoms with Gasteiger partial charge in [0.1, 0.15) is 11.6 Å². The molecule has 0 spiro atoms. The number of nitrogens with one attached hydrogen (secondary N) is 2. The molecule has 1 aromatic heterocycles. The first-order valence-electron chi connectivity index (χ1n) is 11.5. The number of nitrogens with zero attached hydrogens (tertiary/aromatic N) is 5. The Kier molecular flexibility index (Phi) is 7.79. The summed E-state index contributed by atoms with van der Waals surface area (Å²) in [5.41, 5.74) is 1.84. The van der Waals surface area contributed by atoms with E-state index in [0.29, 0.717) is 18.2 Å². The van der Waals surface area contributed by atoms with Gasteiger partial charge in [-0.05, 0) is 91.0 Å². The van der Waals surface area contributed by atoms with Gasteiger partial charge in [0.2, 0.25) is 0 Å². The van der Waals surface area contributed by atoms with E-state index in [1.807, 2.05) is 12.1 Å². The topological polar surface area (TPSA) is 88.0 Å². The summed E-state index contributed by atoms with van der Waals surface area (Å²) in [6.07, 6.45) is 4.11. The van der Waals surface area contributed by atoms with E-state index in [-0.39, 0.29) is 23.2 Å². The highest BCUT2D eigenvalue weighted by atomic mass is 19.1.